The first-order chi connectivity index (χ1) is 12.1. The number of hydrogen-bond donors (Lipinski definition) is 0. The Labute approximate surface area is 155 Å². The molecule has 0 aliphatic carbocycles. The normalized spacial score (nSPS) is 20.8. The first kappa shape index (κ1) is 16.7. The van der Waals surface area contributed by atoms with Crippen molar-refractivity contribution in [3.05, 3.63) is 70.4 Å². The van der Waals surface area contributed by atoms with E-state index in [4.69, 9.17) is 11.6 Å². The number of fused-ring (bicyclic) bond motifs is 3. The molecule has 3 aromatic rings. The standard InChI is InChI=1S/C22H25ClN2/c1-15-14-20-21(16(2)24(15)3)18-10-7-11-19(23)22(18)25(20)13-12-17-8-5-4-6-9-17/h4-11,15-16H,12-14H2,1-3H3. The summed E-state index contributed by atoms with van der Waals surface area (Å²) < 4.78 is 2.49. The zero-order chi connectivity index (χ0) is 17.6. The van der Waals surface area contributed by atoms with Gasteiger partial charge in [0.15, 0.2) is 0 Å². The molecule has 0 bridgehead atoms. The molecule has 1 aliphatic rings. The Balaban J connectivity index is 1.84. The second-order valence-electron chi connectivity index (χ2n) is 7.28. The number of nitrogens with zero attached hydrogens (tertiary/aromatic N) is 2. The summed E-state index contributed by atoms with van der Waals surface area (Å²) in [7, 11) is 2.23. The van der Waals surface area contributed by atoms with Gasteiger partial charge in [-0.2, -0.15) is 0 Å². The number of rotatable bonds is 3. The molecule has 130 valence electrons. The molecule has 3 heteroatoms. The highest BCUT2D eigenvalue weighted by Gasteiger charge is 2.32. The molecule has 0 fully saturated rings. The number of halogens is 1. The van der Waals surface area contributed by atoms with Crippen LogP contribution in [0.1, 0.15) is 36.7 Å². The predicted octanol–water partition coefficient (Wildman–Crippen LogP) is 5.47. The van der Waals surface area contributed by atoms with Crippen LogP contribution in [-0.2, 0) is 19.4 Å². The maximum Gasteiger partial charge on any atom is 0.0675 e. The second kappa shape index (κ2) is 6.51. The van der Waals surface area contributed by atoms with Crippen LogP contribution in [0.4, 0.5) is 0 Å². The highest BCUT2D eigenvalue weighted by molar-refractivity contribution is 6.35. The van der Waals surface area contributed by atoms with Crippen molar-refractivity contribution < 1.29 is 0 Å². The summed E-state index contributed by atoms with van der Waals surface area (Å²) in [5, 5.41) is 2.18. The fraction of sp³-hybridized carbons (Fsp3) is 0.364. The second-order valence-corrected chi connectivity index (χ2v) is 7.69. The zero-order valence-electron chi connectivity index (χ0n) is 15.2. The molecule has 0 saturated heterocycles. The minimum absolute atomic E-state index is 0.415. The van der Waals surface area contributed by atoms with Gasteiger partial charge in [0.1, 0.15) is 0 Å². The average Bonchev–Trinajstić information content (AvgIpc) is 2.93. The van der Waals surface area contributed by atoms with Crippen molar-refractivity contribution in [2.75, 3.05) is 7.05 Å². The highest BCUT2D eigenvalue weighted by atomic mass is 35.5. The van der Waals surface area contributed by atoms with Gasteiger partial charge in [0, 0.05) is 36.1 Å². The lowest BCUT2D eigenvalue weighted by Crippen LogP contribution is -2.38. The van der Waals surface area contributed by atoms with Gasteiger partial charge in [-0.05, 0) is 44.5 Å². The molecule has 0 saturated carbocycles. The van der Waals surface area contributed by atoms with Crippen molar-refractivity contribution in [2.45, 2.75) is 45.3 Å². The maximum atomic E-state index is 6.65. The Morgan fingerprint density at radius 3 is 2.56 bits per heavy atom. The molecule has 25 heavy (non-hydrogen) atoms. The van der Waals surface area contributed by atoms with Crippen LogP contribution < -0.4 is 0 Å². The molecular weight excluding hydrogens is 328 g/mol. The largest absolute Gasteiger partial charge is 0.343 e. The Morgan fingerprint density at radius 1 is 1.04 bits per heavy atom. The molecule has 0 spiro atoms. The van der Waals surface area contributed by atoms with Crippen LogP contribution in [0.15, 0.2) is 48.5 Å². The molecule has 0 radical (unpaired) electrons. The quantitative estimate of drug-likeness (QED) is 0.606. The maximum absolute atomic E-state index is 6.65. The van der Waals surface area contributed by atoms with Crippen LogP contribution in [0.3, 0.4) is 0 Å². The third-order valence-corrected chi connectivity index (χ3v) is 6.17. The number of para-hydroxylation sites is 1. The third kappa shape index (κ3) is 2.78. The van der Waals surface area contributed by atoms with Crippen LogP contribution in [-0.4, -0.2) is 22.6 Å². The van der Waals surface area contributed by atoms with E-state index in [2.05, 4.69) is 72.8 Å². The molecule has 1 aromatic heterocycles. The van der Waals surface area contributed by atoms with E-state index in [0.717, 1.165) is 24.4 Å². The van der Waals surface area contributed by atoms with Gasteiger partial charge in [0.2, 0.25) is 0 Å². The van der Waals surface area contributed by atoms with E-state index in [0.29, 0.717) is 12.1 Å². The topological polar surface area (TPSA) is 8.17 Å². The molecule has 0 amide bonds. The third-order valence-electron chi connectivity index (χ3n) is 5.86. The summed E-state index contributed by atoms with van der Waals surface area (Å²) >= 11 is 6.65. The van der Waals surface area contributed by atoms with Gasteiger partial charge in [0.05, 0.1) is 10.5 Å². The van der Waals surface area contributed by atoms with Crippen LogP contribution >= 0.6 is 11.6 Å². The average molecular weight is 353 g/mol. The number of aromatic nitrogens is 1. The van der Waals surface area contributed by atoms with E-state index < -0.39 is 0 Å². The molecule has 2 atom stereocenters. The van der Waals surface area contributed by atoms with Crippen molar-refractivity contribution in [2.24, 2.45) is 0 Å². The minimum Gasteiger partial charge on any atom is -0.343 e. The number of likely N-dealkylation sites (N-methyl/N-ethyl adjacent to an activating group) is 1. The number of hydrogen-bond acceptors (Lipinski definition) is 1. The fourth-order valence-corrected chi connectivity index (χ4v) is 4.55. The molecule has 2 nitrogen and oxygen atoms in total. The van der Waals surface area contributed by atoms with Gasteiger partial charge >= 0.3 is 0 Å². The van der Waals surface area contributed by atoms with Crippen molar-refractivity contribution in [3.8, 4) is 0 Å². The van der Waals surface area contributed by atoms with Gasteiger partial charge in [-0.1, -0.05) is 54.1 Å². The zero-order valence-corrected chi connectivity index (χ0v) is 15.9. The van der Waals surface area contributed by atoms with Crippen molar-refractivity contribution in [1.29, 1.82) is 0 Å². The van der Waals surface area contributed by atoms with E-state index in [-0.39, 0.29) is 0 Å². The Bertz CT molecular complexity index is 897. The van der Waals surface area contributed by atoms with Crippen molar-refractivity contribution >= 4 is 22.5 Å². The summed E-state index contributed by atoms with van der Waals surface area (Å²) in [4.78, 5) is 2.48. The number of benzene rings is 2. The lowest BCUT2D eigenvalue weighted by atomic mass is 9.93. The first-order valence-corrected chi connectivity index (χ1v) is 9.51. The molecule has 2 unspecified atom stereocenters. The summed E-state index contributed by atoms with van der Waals surface area (Å²) in [6, 6.07) is 18.0. The van der Waals surface area contributed by atoms with Gasteiger partial charge in [-0.15, -0.1) is 0 Å². The van der Waals surface area contributed by atoms with E-state index in [9.17, 15) is 0 Å². The van der Waals surface area contributed by atoms with Gasteiger partial charge < -0.3 is 4.57 Å². The Kier molecular flexibility index (Phi) is 4.35. The molecule has 0 N–H and O–H groups in total. The Morgan fingerprint density at radius 2 is 1.80 bits per heavy atom. The predicted molar refractivity (Wildman–Crippen MR) is 106 cm³/mol. The molecule has 4 rings (SSSR count). The van der Waals surface area contributed by atoms with Crippen LogP contribution in [0.5, 0.6) is 0 Å². The van der Waals surface area contributed by atoms with Crippen molar-refractivity contribution in [1.82, 2.24) is 9.47 Å². The molecule has 2 aromatic carbocycles. The molecular formula is C22H25ClN2. The smallest absolute Gasteiger partial charge is 0.0675 e. The number of aryl methyl sites for hydroxylation is 2. The molecule has 1 aliphatic heterocycles. The summed E-state index contributed by atoms with van der Waals surface area (Å²) in [5.41, 5.74) is 5.52. The Hall–Kier alpha value is -1.77. The van der Waals surface area contributed by atoms with Gasteiger partial charge in [-0.3, -0.25) is 4.90 Å². The van der Waals surface area contributed by atoms with Crippen LogP contribution in [0.2, 0.25) is 5.02 Å². The SMILES string of the molecule is CC1Cc2c(c3cccc(Cl)c3n2CCc2ccccc2)C(C)N1C. The van der Waals surface area contributed by atoms with Crippen LogP contribution in [0, 0.1) is 0 Å². The first-order valence-electron chi connectivity index (χ1n) is 9.13. The summed E-state index contributed by atoms with van der Waals surface area (Å²) in [6.07, 6.45) is 2.11. The van der Waals surface area contributed by atoms with E-state index in [1.807, 2.05) is 6.07 Å². The molecule has 2 heterocycles. The monoisotopic (exact) mass is 352 g/mol. The minimum atomic E-state index is 0.415. The van der Waals surface area contributed by atoms with Crippen molar-refractivity contribution in [3.63, 3.8) is 0 Å². The van der Waals surface area contributed by atoms with E-state index in [1.165, 1.54) is 27.7 Å². The highest BCUT2D eigenvalue weighted by Crippen LogP contribution is 2.41. The summed E-state index contributed by atoms with van der Waals surface area (Å²) in [6.45, 7) is 5.61. The lowest BCUT2D eigenvalue weighted by molar-refractivity contribution is 0.177. The van der Waals surface area contributed by atoms with Gasteiger partial charge in [0.25, 0.3) is 0 Å². The van der Waals surface area contributed by atoms with Gasteiger partial charge in [-0.25, -0.2) is 0 Å². The fourth-order valence-electron chi connectivity index (χ4n) is 4.27. The van der Waals surface area contributed by atoms with E-state index in [1.54, 1.807) is 0 Å². The summed E-state index contributed by atoms with van der Waals surface area (Å²) in [5.74, 6) is 0. The van der Waals surface area contributed by atoms with Crippen LogP contribution in [0.25, 0.3) is 10.9 Å². The lowest BCUT2D eigenvalue weighted by Gasteiger charge is -2.36. The van der Waals surface area contributed by atoms with E-state index >= 15 is 0 Å².